The number of nitrogens with zero attached hydrogens (tertiary/aromatic N) is 1. The molecule has 0 aliphatic carbocycles. The van der Waals surface area contributed by atoms with E-state index in [1.165, 1.54) is 14.0 Å². The number of carboxylic acids is 1. The van der Waals surface area contributed by atoms with E-state index < -0.39 is 12.1 Å². The molecule has 0 radical (unpaired) electrons. The van der Waals surface area contributed by atoms with E-state index >= 15 is 0 Å². The van der Waals surface area contributed by atoms with Crippen LogP contribution in [0.4, 0.5) is 0 Å². The lowest BCUT2D eigenvalue weighted by Gasteiger charge is -2.16. The predicted octanol–water partition coefficient (Wildman–Crippen LogP) is 4.37. The van der Waals surface area contributed by atoms with Crippen molar-refractivity contribution in [3.8, 4) is 17.6 Å². The molecule has 1 N–H and O–H groups in total. The molecule has 2 aromatic rings. The van der Waals surface area contributed by atoms with Crippen molar-refractivity contribution >= 4 is 33.5 Å². The molecule has 0 aliphatic heterocycles. The highest BCUT2D eigenvalue weighted by atomic mass is 79.9. The van der Waals surface area contributed by atoms with Gasteiger partial charge in [0.15, 0.2) is 17.6 Å². The molecule has 0 saturated carbocycles. The summed E-state index contributed by atoms with van der Waals surface area (Å²) in [6.07, 6.45) is 0.591. The minimum atomic E-state index is -1.09. The Morgan fingerprint density at radius 2 is 2.04 bits per heavy atom. The van der Waals surface area contributed by atoms with Crippen LogP contribution >= 0.6 is 15.9 Å². The first-order valence-electron chi connectivity index (χ1n) is 7.40. The fourth-order valence-electron chi connectivity index (χ4n) is 2.15. The van der Waals surface area contributed by atoms with E-state index in [2.05, 4.69) is 22.0 Å². The number of halogens is 1. The normalized spacial score (nSPS) is 12.2. The van der Waals surface area contributed by atoms with Gasteiger partial charge in [-0.1, -0.05) is 40.2 Å². The average molecular weight is 402 g/mol. The van der Waals surface area contributed by atoms with Gasteiger partial charge in [0.25, 0.3) is 0 Å². The lowest BCUT2D eigenvalue weighted by Crippen LogP contribution is -2.23. The number of aliphatic carboxylic acids is 1. The van der Waals surface area contributed by atoms with Crippen LogP contribution in [0.15, 0.2) is 46.9 Å². The Morgan fingerprint density at radius 3 is 2.64 bits per heavy atom. The van der Waals surface area contributed by atoms with Crippen molar-refractivity contribution in [2.24, 2.45) is 0 Å². The molecule has 2 rings (SSSR count). The molecule has 2 aromatic carbocycles. The van der Waals surface area contributed by atoms with E-state index in [4.69, 9.17) is 14.6 Å². The van der Waals surface area contributed by atoms with Gasteiger partial charge in [-0.25, -0.2) is 4.79 Å². The number of methoxy groups -OCH3 is 1. The monoisotopic (exact) mass is 401 g/mol. The largest absolute Gasteiger partial charge is 0.493 e. The van der Waals surface area contributed by atoms with E-state index in [-0.39, 0.29) is 5.75 Å². The molecule has 25 heavy (non-hydrogen) atoms. The number of hydrogen-bond acceptors (Lipinski definition) is 4. The van der Waals surface area contributed by atoms with Crippen molar-refractivity contribution in [3.63, 3.8) is 0 Å². The first-order chi connectivity index (χ1) is 12.0. The quantitative estimate of drug-likeness (QED) is 0.573. The van der Waals surface area contributed by atoms with Gasteiger partial charge in [0.05, 0.1) is 18.8 Å². The third-order valence-corrected chi connectivity index (χ3v) is 3.92. The summed E-state index contributed by atoms with van der Waals surface area (Å²) in [6, 6.07) is 14.7. The highest BCUT2D eigenvalue weighted by Crippen LogP contribution is 2.34. The zero-order valence-electron chi connectivity index (χ0n) is 13.7. The number of carboxylic acid groups (broad SMARTS) is 1. The molecule has 1 atom stereocenters. The first-order valence-corrected chi connectivity index (χ1v) is 8.19. The summed E-state index contributed by atoms with van der Waals surface area (Å²) < 4.78 is 11.7. The topological polar surface area (TPSA) is 79.5 Å². The second-order valence-corrected chi connectivity index (χ2v) is 6.07. The van der Waals surface area contributed by atoms with Crippen molar-refractivity contribution in [1.82, 2.24) is 0 Å². The predicted molar refractivity (Wildman–Crippen MR) is 98.3 cm³/mol. The summed E-state index contributed by atoms with van der Waals surface area (Å²) in [5.74, 6) is -0.413. The summed E-state index contributed by atoms with van der Waals surface area (Å²) in [5, 5.41) is 18.6. The summed E-state index contributed by atoms with van der Waals surface area (Å²) in [7, 11) is 1.47. The van der Waals surface area contributed by atoms with Gasteiger partial charge >= 0.3 is 5.97 Å². The zero-order chi connectivity index (χ0) is 18.4. The Labute approximate surface area is 154 Å². The Kier molecular flexibility index (Phi) is 6.20. The molecule has 0 saturated heterocycles. The van der Waals surface area contributed by atoms with Crippen LogP contribution in [0.2, 0.25) is 0 Å². The molecule has 5 nitrogen and oxygen atoms in total. The van der Waals surface area contributed by atoms with Crippen LogP contribution < -0.4 is 9.47 Å². The Bertz CT molecular complexity index is 855. The van der Waals surface area contributed by atoms with E-state index in [0.29, 0.717) is 16.9 Å². The molecule has 0 bridgehead atoms. The van der Waals surface area contributed by atoms with Gasteiger partial charge in [0.2, 0.25) is 0 Å². The van der Waals surface area contributed by atoms with E-state index in [1.54, 1.807) is 24.3 Å². The fourth-order valence-corrected chi connectivity index (χ4v) is 2.55. The zero-order valence-corrected chi connectivity index (χ0v) is 15.3. The van der Waals surface area contributed by atoms with Crippen molar-refractivity contribution in [2.45, 2.75) is 13.0 Å². The summed E-state index contributed by atoms with van der Waals surface area (Å²) in [4.78, 5) is 11.1. The van der Waals surface area contributed by atoms with Crippen LogP contribution in [0.1, 0.15) is 18.1 Å². The number of para-hydroxylation sites is 1. The number of rotatable bonds is 6. The van der Waals surface area contributed by atoms with Gasteiger partial charge in [-0.2, -0.15) is 5.26 Å². The van der Waals surface area contributed by atoms with Crippen molar-refractivity contribution < 1.29 is 19.4 Å². The van der Waals surface area contributed by atoms with Crippen molar-refractivity contribution in [3.05, 3.63) is 58.1 Å². The average Bonchev–Trinajstić information content (AvgIpc) is 2.60. The van der Waals surface area contributed by atoms with Crippen LogP contribution in [0.25, 0.3) is 11.6 Å². The highest BCUT2D eigenvalue weighted by Gasteiger charge is 2.18. The van der Waals surface area contributed by atoms with Crippen molar-refractivity contribution in [1.29, 1.82) is 5.26 Å². The van der Waals surface area contributed by atoms with Gasteiger partial charge in [0, 0.05) is 10.0 Å². The number of ether oxygens (including phenoxy) is 2. The molecular formula is C19H16BrNO4. The Balaban J connectivity index is 2.53. The second kappa shape index (κ2) is 8.36. The molecular weight excluding hydrogens is 386 g/mol. The molecule has 128 valence electrons. The van der Waals surface area contributed by atoms with Gasteiger partial charge < -0.3 is 14.6 Å². The molecule has 6 heteroatoms. The standard InChI is InChI=1S/C19H16BrNO4/c1-12(19(22)23)25-18-14(6-4-8-17(18)24-2)9-15(11-21)13-5-3-7-16(20)10-13/h3-10,12H,1-2H3,(H,22,23)/b15-9-/t12-/m1/s1. The third kappa shape index (κ3) is 4.61. The maximum Gasteiger partial charge on any atom is 0.344 e. The fraction of sp³-hybridized carbons (Fsp3) is 0.158. The number of nitriles is 1. The van der Waals surface area contributed by atoms with Gasteiger partial charge in [-0.15, -0.1) is 0 Å². The second-order valence-electron chi connectivity index (χ2n) is 5.16. The molecule has 0 fully saturated rings. The minimum Gasteiger partial charge on any atom is -0.493 e. The number of hydrogen-bond donors (Lipinski definition) is 1. The maximum atomic E-state index is 11.1. The van der Waals surface area contributed by atoms with Crippen LogP contribution in [0.5, 0.6) is 11.5 Å². The molecule has 0 amide bonds. The summed E-state index contributed by atoms with van der Waals surface area (Å²) in [5.41, 5.74) is 1.71. The van der Waals surface area contributed by atoms with Crippen LogP contribution in [-0.2, 0) is 4.79 Å². The summed E-state index contributed by atoms with van der Waals surface area (Å²) >= 11 is 3.38. The van der Waals surface area contributed by atoms with E-state index in [9.17, 15) is 10.1 Å². The SMILES string of the molecule is COc1cccc(/C=C(/C#N)c2cccc(Br)c2)c1O[C@H](C)C(=O)O. The van der Waals surface area contributed by atoms with Gasteiger partial charge in [-0.3, -0.25) is 0 Å². The van der Waals surface area contributed by atoms with Crippen LogP contribution in [-0.4, -0.2) is 24.3 Å². The minimum absolute atomic E-state index is 0.280. The number of carbonyl (C=O) groups is 1. The van der Waals surface area contributed by atoms with E-state index in [0.717, 1.165) is 10.0 Å². The highest BCUT2D eigenvalue weighted by molar-refractivity contribution is 9.10. The Morgan fingerprint density at radius 1 is 1.32 bits per heavy atom. The van der Waals surface area contributed by atoms with Gasteiger partial charge in [0.1, 0.15) is 0 Å². The van der Waals surface area contributed by atoms with E-state index in [1.807, 2.05) is 24.3 Å². The smallest absolute Gasteiger partial charge is 0.344 e. The maximum absolute atomic E-state index is 11.1. The lowest BCUT2D eigenvalue weighted by atomic mass is 10.0. The Hall–Kier alpha value is -2.78. The molecule has 0 unspecified atom stereocenters. The number of allylic oxidation sites excluding steroid dienone is 1. The first kappa shape index (κ1) is 18.6. The number of benzene rings is 2. The molecule has 0 spiro atoms. The van der Waals surface area contributed by atoms with Crippen molar-refractivity contribution in [2.75, 3.05) is 7.11 Å². The molecule has 0 aromatic heterocycles. The molecule has 0 heterocycles. The molecule has 0 aliphatic rings. The summed E-state index contributed by atoms with van der Waals surface area (Å²) in [6.45, 7) is 1.43. The van der Waals surface area contributed by atoms with Gasteiger partial charge in [-0.05, 0) is 36.8 Å². The lowest BCUT2D eigenvalue weighted by molar-refractivity contribution is -0.144. The third-order valence-electron chi connectivity index (χ3n) is 3.43. The van der Waals surface area contributed by atoms with Crippen LogP contribution in [0.3, 0.4) is 0 Å². The van der Waals surface area contributed by atoms with Crippen LogP contribution in [0, 0.1) is 11.3 Å².